The van der Waals surface area contributed by atoms with Crippen LogP contribution in [0.2, 0.25) is 0 Å². The van der Waals surface area contributed by atoms with E-state index in [4.69, 9.17) is 0 Å². The van der Waals surface area contributed by atoms with Crippen LogP contribution in [0.25, 0.3) is 11.0 Å². The number of carbonyl (C=O) groups excluding carboxylic acids is 1. The van der Waals surface area contributed by atoms with E-state index in [0.29, 0.717) is 11.9 Å². The lowest BCUT2D eigenvalue weighted by Crippen LogP contribution is -2.37. The first-order chi connectivity index (χ1) is 12.4. The van der Waals surface area contributed by atoms with Gasteiger partial charge in [-0.2, -0.15) is 0 Å². The molecule has 3 heterocycles. The molecule has 0 saturated carbocycles. The summed E-state index contributed by atoms with van der Waals surface area (Å²) < 4.78 is 4.28. The van der Waals surface area contributed by atoms with E-state index in [-0.39, 0.29) is 17.2 Å². The Morgan fingerprint density at radius 1 is 1.19 bits per heavy atom. The monoisotopic (exact) mass is 356 g/mol. The van der Waals surface area contributed by atoms with Crippen molar-refractivity contribution >= 4 is 16.9 Å². The summed E-state index contributed by atoms with van der Waals surface area (Å²) >= 11 is 0. The fourth-order valence-corrected chi connectivity index (χ4v) is 2.76. The van der Waals surface area contributed by atoms with Gasteiger partial charge in [0.25, 0.3) is 11.5 Å². The SMILES string of the molecule is Cc1nccn1CCCNC(=O)c1ccc2c(=O)n(C)c(=O)n(C)c2n1. The van der Waals surface area contributed by atoms with Crippen molar-refractivity contribution in [1.29, 1.82) is 0 Å². The van der Waals surface area contributed by atoms with Crippen LogP contribution in [0.15, 0.2) is 34.1 Å². The molecular formula is C17H20N6O3. The summed E-state index contributed by atoms with van der Waals surface area (Å²) in [4.78, 5) is 44.8. The maximum atomic E-state index is 12.3. The zero-order chi connectivity index (χ0) is 18.8. The molecule has 0 aliphatic heterocycles. The van der Waals surface area contributed by atoms with Gasteiger partial charge in [0, 0.05) is 39.6 Å². The average molecular weight is 356 g/mol. The van der Waals surface area contributed by atoms with E-state index in [1.54, 1.807) is 6.20 Å². The average Bonchev–Trinajstić information content (AvgIpc) is 3.06. The Morgan fingerprint density at radius 2 is 1.96 bits per heavy atom. The van der Waals surface area contributed by atoms with Crippen molar-refractivity contribution in [2.75, 3.05) is 6.54 Å². The lowest BCUT2D eigenvalue weighted by atomic mass is 10.2. The highest BCUT2D eigenvalue weighted by molar-refractivity contribution is 5.94. The second-order valence-corrected chi connectivity index (χ2v) is 6.05. The van der Waals surface area contributed by atoms with Gasteiger partial charge < -0.3 is 9.88 Å². The second kappa shape index (κ2) is 6.95. The number of carbonyl (C=O) groups is 1. The van der Waals surface area contributed by atoms with Gasteiger partial charge in [0.2, 0.25) is 0 Å². The third kappa shape index (κ3) is 3.15. The van der Waals surface area contributed by atoms with Crippen LogP contribution in [0, 0.1) is 6.92 Å². The van der Waals surface area contributed by atoms with E-state index < -0.39 is 11.2 Å². The topological polar surface area (TPSA) is 104 Å². The summed E-state index contributed by atoms with van der Waals surface area (Å²) in [5.74, 6) is 0.581. The van der Waals surface area contributed by atoms with Gasteiger partial charge in [-0.15, -0.1) is 0 Å². The smallest absolute Gasteiger partial charge is 0.332 e. The molecule has 26 heavy (non-hydrogen) atoms. The number of imidazole rings is 1. The molecule has 1 amide bonds. The van der Waals surface area contributed by atoms with Crippen molar-refractivity contribution in [3.8, 4) is 0 Å². The number of nitrogens with zero attached hydrogens (tertiary/aromatic N) is 5. The molecule has 0 spiro atoms. The van der Waals surface area contributed by atoms with Crippen LogP contribution < -0.4 is 16.6 Å². The van der Waals surface area contributed by atoms with E-state index in [9.17, 15) is 14.4 Å². The first-order valence-corrected chi connectivity index (χ1v) is 8.23. The van der Waals surface area contributed by atoms with Gasteiger partial charge in [0.15, 0.2) is 0 Å². The lowest BCUT2D eigenvalue weighted by molar-refractivity contribution is 0.0948. The number of fused-ring (bicyclic) bond motifs is 1. The predicted molar refractivity (Wildman–Crippen MR) is 96.1 cm³/mol. The van der Waals surface area contributed by atoms with Crippen LogP contribution in [0.3, 0.4) is 0 Å². The van der Waals surface area contributed by atoms with Crippen molar-refractivity contribution in [3.05, 3.63) is 56.9 Å². The van der Waals surface area contributed by atoms with Crippen LogP contribution in [-0.2, 0) is 20.6 Å². The number of hydrogen-bond donors (Lipinski definition) is 1. The van der Waals surface area contributed by atoms with Gasteiger partial charge in [-0.1, -0.05) is 0 Å². The minimum atomic E-state index is -0.483. The van der Waals surface area contributed by atoms with E-state index in [2.05, 4.69) is 15.3 Å². The predicted octanol–water partition coefficient (Wildman–Crippen LogP) is -0.0428. The van der Waals surface area contributed by atoms with E-state index in [1.807, 2.05) is 17.7 Å². The highest BCUT2D eigenvalue weighted by Gasteiger charge is 2.13. The number of amides is 1. The molecule has 0 aromatic carbocycles. The summed E-state index contributed by atoms with van der Waals surface area (Å²) in [5, 5.41) is 3.09. The van der Waals surface area contributed by atoms with Crippen molar-refractivity contribution in [1.82, 2.24) is 29.0 Å². The zero-order valence-corrected chi connectivity index (χ0v) is 14.9. The van der Waals surface area contributed by atoms with Crippen molar-refractivity contribution in [2.45, 2.75) is 19.9 Å². The number of nitrogens with one attached hydrogen (secondary N) is 1. The molecule has 0 unspecified atom stereocenters. The summed E-state index contributed by atoms with van der Waals surface area (Å²) in [6, 6.07) is 3.01. The van der Waals surface area contributed by atoms with Crippen LogP contribution >= 0.6 is 0 Å². The minimum Gasteiger partial charge on any atom is -0.351 e. The summed E-state index contributed by atoms with van der Waals surface area (Å²) in [6.07, 6.45) is 4.38. The summed E-state index contributed by atoms with van der Waals surface area (Å²) in [5.41, 5.74) is -0.555. The van der Waals surface area contributed by atoms with Gasteiger partial charge >= 0.3 is 5.69 Å². The molecule has 0 fully saturated rings. The first-order valence-electron chi connectivity index (χ1n) is 8.23. The van der Waals surface area contributed by atoms with Gasteiger partial charge in [0.05, 0.1) is 5.39 Å². The maximum absolute atomic E-state index is 12.3. The van der Waals surface area contributed by atoms with Gasteiger partial charge in [-0.05, 0) is 25.5 Å². The van der Waals surface area contributed by atoms with Gasteiger partial charge in [-0.3, -0.25) is 18.7 Å². The molecule has 0 aliphatic rings. The Labute approximate surface area is 148 Å². The highest BCUT2D eigenvalue weighted by atomic mass is 16.2. The number of aromatic nitrogens is 5. The lowest BCUT2D eigenvalue weighted by Gasteiger charge is -2.09. The Balaban J connectivity index is 1.73. The molecule has 1 N–H and O–H groups in total. The van der Waals surface area contributed by atoms with Crippen LogP contribution in [0.1, 0.15) is 22.7 Å². The highest BCUT2D eigenvalue weighted by Crippen LogP contribution is 2.06. The molecule has 3 aromatic rings. The van der Waals surface area contributed by atoms with Crippen molar-refractivity contribution in [3.63, 3.8) is 0 Å². The molecular weight excluding hydrogens is 336 g/mol. The normalized spacial score (nSPS) is 11.0. The molecule has 3 aromatic heterocycles. The van der Waals surface area contributed by atoms with Crippen LogP contribution in [0.4, 0.5) is 0 Å². The zero-order valence-electron chi connectivity index (χ0n) is 14.9. The van der Waals surface area contributed by atoms with Gasteiger partial charge in [-0.25, -0.2) is 14.8 Å². The van der Waals surface area contributed by atoms with Crippen molar-refractivity contribution < 1.29 is 4.79 Å². The molecule has 3 rings (SSSR count). The van der Waals surface area contributed by atoms with Crippen LogP contribution in [-0.4, -0.2) is 36.1 Å². The van der Waals surface area contributed by atoms with Crippen molar-refractivity contribution in [2.24, 2.45) is 14.1 Å². The number of rotatable bonds is 5. The molecule has 0 atom stereocenters. The fourth-order valence-electron chi connectivity index (χ4n) is 2.76. The molecule has 0 aliphatic carbocycles. The largest absolute Gasteiger partial charge is 0.351 e. The Morgan fingerprint density at radius 3 is 2.65 bits per heavy atom. The summed E-state index contributed by atoms with van der Waals surface area (Å²) in [6.45, 7) is 3.15. The third-order valence-electron chi connectivity index (χ3n) is 4.32. The number of pyridine rings is 1. The quantitative estimate of drug-likeness (QED) is 0.646. The van der Waals surface area contributed by atoms with E-state index >= 15 is 0 Å². The molecule has 0 saturated heterocycles. The number of hydrogen-bond acceptors (Lipinski definition) is 5. The van der Waals surface area contributed by atoms with E-state index in [0.717, 1.165) is 23.4 Å². The molecule has 9 nitrogen and oxygen atoms in total. The third-order valence-corrected chi connectivity index (χ3v) is 4.32. The Kier molecular flexibility index (Phi) is 4.70. The first kappa shape index (κ1) is 17.6. The molecule has 0 radical (unpaired) electrons. The molecule has 0 bridgehead atoms. The Bertz CT molecular complexity index is 1090. The van der Waals surface area contributed by atoms with E-state index in [1.165, 1.54) is 30.8 Å². The second-order valence-electron chi connectivity index (χ2n) is 6.05. The van der Waals surface area contributed by atoms with Crippen LogP contribution in [0.5, 0.6) is 0 Å². The fraction of sp³-hybridized carbons (Fsp3) is 0.353. The Hall–Kier alpha value is -3.23. The van der Waals surface area contributed by atoms with Gasteiger partial charge in [0.1, 0.15) is 17.2 Å². The summed E-state index contributed by atoms with van der Waals surface area (Å²) in [7, 11) is 2.93. The number of aryl methyl sites for hydroxylation is 3. The standard InChI is InChI=1S/C17H20N6O3/c1-11-18-8-10-23(11)9-4-7-19-15(24)13-6-5-12-14(20-13)21(2)17(26)22(3)16(12)25/h5-6,8,10H,4,7,9H2,1-3H3,(H,19,24). The minimum absolute atomic E-state index is 0.166. The maximum Gasteiger partial charge on any atom is 0.332 e. The molecule has 9 heteroatoms. The molecule has 136 valence electrons.